The van der Waals surface area contributed by atoms with E-state index in [1.165, 1.54) is 12.1 Å². The van der Waals surface area contributed by atoms with Crippen molar-refractivity contribution in [3.8, 4) is 5.75 Å². The molecule has 0 aliphatic carbocycles. The number of carbonyl (C=O) groups excluding carboxylic acids is 1. The van der Waals surface area contributed by atoms with Crippen molar-refractivity contribution in [3.63, 3.8) is 0 Å². The molecule has 1 aliphatic heterocycles. The number of benzene rings is 1. The van der Waals surface area contributed by atoms with Gasteiger partial charge in [-0.2, -0.15) is 0 Å². The zero-order valence-electron chi connectivity index (χ0n) is 11.1. The highest BCUT2D eigenvalue weighted by atomic mass is 19.1. The standard InChI is InChI=1S/C14H19FN2O2/c1-11-10-16-7-8-17(11)14(18)6-9-19-13-4-2-12(15)3-5-13/h2-5,11,16H,6-10H2,1H3/t11-/m1/s1. The molecule has 4 nitrogen and oxygen atoms in total. The molecular formula is C14H19FN2O2. The van der Waals surface area contributed by atoms with E-state index in [-0.39, 0.29) is 17.8 Å². The summed E-state index contributed by atoms with van der Waals surface area (Å²) < 4.78 is 18.1. The fraction of sp³-hybridized carbons (Fsp3) is 0.500. The average molecular weight is 266 g/mol. The molecule has 0 bridgehead atoms. The van der Waals surface area contributed by atoms with Gasteiger partial charge in [0.25, 0.3) is 0 Å². The number of nitrogens with zero attached hydrogens (tertiary/aromatic N) is 1. The number of hydrogen-bond donors (Lipinski definition) is 1. The van der Waals surface area contributed by atoms with Gasteiger partial charge in [-0.15, -0.1) is 0 Å². The topological polar surface area (TPSA) is 41.6 Å². The number of nitrogens with one attached hydrogen (secondary N) is 1. The molecule has 2 rings (SSSR count). The molecule has 1 atom stereocenters. The SMILES string of the molecule is C[C@@H]1CNCCN1C(=O)CCOc1ccc(F)cc1. The number of piperazine rings is 1. The number of carbonyl (C=O) groups is 1. The Morgan fingerprint density at radius 3 is 2.89 bits per heavy atom. The van der Waals surface area contributed by atoms with Crippen molar-refractivity contribution in [2.24, 2.45) is 0 Å². The minimum absolute atomic E-state index is 0.108. The van der Waals surface area contributed by atoms with Gasteiger partial charge in [-0.3, -0.25) is 4.79 Å². The summed E-state index contributed by atoms with van der Waals surface area (Å²) in [6, 6.07) is 6.04. The molecule has 0 aromatic heterocycles. The molecule has 0 unspecified atom stereocenters. The fourth-order valence-corrected chi connectivity index (χ4v) is 2.14. The van der Waals surface area contributed by atoms with E-state index in [0.29, 0.717) is 18.8 Å². The summed E-state index contributed by atoms with van der Waals surface area (Å²) in [6.07, 6.45) is 0.349. The van der Waals surface area contributed by atoms with Crippen LogP contribution < -0.4 is 10.1 Å². The molecule has 1 aromatic rings. The molecule has 0 spiro atoms. The predicted octanol–water partition coefficient (Wildman–Crippen LogP) is 1.41. The third-order valence-corrected chi connectivity index (χ3v) is 3.22. The zero-order chi connectivity index (χ0) is 13.7. The largest absolute Gasteiger partial charge is 0.493 e. The van der Waals surface area contributed by atoms with Crippen LogP contribution in [0.4, 0.5) is 4.39 Å². The smallest absolute Gasteiger partial charge is 0.226 e. The first kappa shape index (κ1) is 13.8. The molecule has 1 aliphatic rings. The van der Waals surface area contributed by atoms with Gasteiger partial charge >= 0.3 is 0 Å². The van der Waals surface area contributed by atoms with Gasteiger partial charge in [0.05, 0.1) is 13.0 Å². The van der Waals surface area contributed by atoms with Crippen molar-refractivity contribution < 1.29 is 13.9 Å². The lowest BCUT2D eigenvalue weighted by molar-refractivity contribution is -0.134. The molecule has 1 N–H and O–H groups in total. The Hall–Kier alpha value is -1.62. The highest BCUT2D eigenvalue weighted by molar-refractivity contribution is 5.76. The van der Waals surface area contributed by atoms with E-state index >= 15 is 0 Å². The average Bonchev–Trinajstić information content (AvgIpc) is 2.41. The van der Waals surface area contributed by atoms with E-state index in [4.69, 9.17) is 4.74 Å². The Bertz CT molecular complexity index is 422. The summed E-state index contributed by atoms with van der Waals surface area (Å²) in [5.41, 5.74) is 0. The monoisotopic (exact) mass is 266 g/mol. The van der Waals surface area contributed by atoms with E-state index in [1.54, 1.807) is 12.1 Å². The van der Waals surface area contributed by atoms with Gasteiger partial charge in [-0.1, -0.05) is 0 Å². The van der Waals surface area contributed by atoms with E-state index in [2.05, 4.69) is 5.32 Å². The molecule has 1 amide bonds. The summed E-state index contributed by atoms with van der Waals surface area (Å²) in [6.45, 7) is 4.78. The van der Waals surface area contributed by atoms with E-state index < -0.39 is 0 Å². The molecule has 0 saturated carbocycles. The van der Waals surface area contributed by atoms with Crippen molar-refractivity contribution in [2.45, 2.75) is 19.4 Å². The molecule has 19 heavy (non-hydrogen) atoms. The second kappa shape index (κ2) is 6.52. The number of ether oxygens (including phenoxy) is 1. The van der Waals surface area contributed by atoms with Crippen molar-refractivity contribution >= 4 is 5.91 Å². The maximum atomic E-state index is 12.7. The third-order valence-electron chi connectivity index (χ3n) is 3.22. The molecule has 5 heteroatoms. The van der Waals surface area contributed by atoms with Gasteiger partial charge in [-0.25, -0.2) is 4.39 Å². The minimum atomic E-state index is -0.293. The molecule has 104 valence electrons. The second-order valence-corrected chi connectivity index (χ2v) is 4.69. The Kier molecular flexibility index (Phi) is 4.74. The third kappa shape index (κ3) is 3.92. The summed E-state index contributed by atoms with van der Waals surface area (Å²) in [5, 5.41) is 3.25. The minimum Gasteiger partial charge on any atom is -0.493 e. The van der Waals surface area contributed by atoms with Crippen LogP contribution in [0.2, 0.25) is 0 Å². The van der Waals surface area contributed by atoms with Crippen LogP contribution in [0, 0.1) is 5.82 Å². The van der Waals surface area contributed by atoms with Crippen LogP contribution in [0.1, 0.15) is 13.3 Å². The molecule has 1 aromatic carbocycles. The maximum Gasteiger partial charge on any atom is 0.226 e. The zero-order valence-corrected chi connectivity index (χ0v) is 11.1. The van der Waals surface area contributed by atoms with Crippen molar-refractivity contribution in [1.29, 1.82) is 0 Å². The quantitative estimate of drug-likeness (QED) is 0.896. The molecule has 1 heterocycles. The first-order valence-electron chi connectivity index (χ1n) is 6.55. The van der Waals surface area contributed by atoms with E-state index in [9.17, 15) is 9.18 Å². The first-order valence-corrected chi connectivity index (χ1v) is 6.55. The Balaban J connectivity index is 1.75. The molecule has 1 saturated heterocycles. The predicted molar refractivity (Wildman–Crippen MR) is 70.6 cm³/mol. The lowest BCUT2D eigenvalue weighted by Gasteiger charge is -2.34. The second-order valence-electron chi connectivity index (χ2n) is 4.69. The van der Waals surface area contributed by atoms with Crippen LogP contribution in [0.15, 0.2) is 24.3 Å². The van der Waals surface area contributed by atoms with E-state index in [0.717, 1.165) is 19.6 Å². The van der Waals surface area contributed by atoms with Crippen LogP contribution in [-0.2, 0) is 4.79 Å². The van der Waals surface area contributed by atoms with Crippen LogP contribution in [-0.4, -0.2) is 43.1 Å². The molecule has 1 fully saturated rings. The summed E-state index contributed by atoms with van der Waals surface area (Å²) in [5.74, 6) is 0.400. The van der Waals surface area contributed by atoms with Crippen LogP contribution in [0.5, 0.6) is 5.75 Å². The van der Waals surface area contributed by atoms with Gasteiger partial charge in [0, 0.05) is 25.7 Å². The fourth-order valence-electron chi connectivity index (χ4n) is 2.14. The lowest BCUT2D eigenvalue weighted by Crippen LogP contribution is -2.52. The Morgan fingerprint density at radius 1 is 1.47 bits per heavy atom. The van der Waals surface area contributed by atoms with Gasteiger partial charge in [0.2, 0.25) is 5.91 Å². The van der Waals surface area contributed by atoms with Crippen molar-refractivity contribution in [2.75, 3.05) is 26.2 Å². The van der Waals surface area contributed by atoms with E-state index in [1.807, 2.05) is 11.8 Å². The Labute approximate surface area is 112 Å². The highest BCUT2D eigenvalue weighted by Gasteiger charge is 2.22. The molecule has 0 radical (unpaired) electrons. The van der Waals surface area contributed by atoms with Gasteiger partial charge in [-0.05, 0) is 31.2 Å². The maximum absolute atomic E-state index is 12.7. The van der Waals surface area contributed by atoms with Crippen molar-refractivity contribution in [3.05, 3.63) is 30.1 Å². The van der Waals surface area contributed by atoms with Crippen LogP contribution in [0.25, 0.3) is 0 Å². The summed E-state index contributed by atoms with van der Waals surface area (Å²) >= 11 is 0. The van der Waals surface area contributed by atoms with Crippen LogP contribution in [0.3, 0.4) is 0 Å². The number of halogens is 1. The van der Waals surface area contributed by atoms with Gasteiger partial charge in [0.15, 0.2) is 0 Å². The lowest BCUT2D eigenvalue weighted by atomic mass is 10.2. The molecular weight excluding hydrogens is 247 g/mol. The Morgan fingerprint density at radius 2 is 2.21 bits per heavy atom. The van der Waals surface area contributed by atoms with Gasteiger partial charge in [0.1, 0.15) is 11.6 Å². The summed E-state index contributed by atoms with van der Waals surface area (Å²) in [7, 11) is 0. The summed E-state index contributed by atoms with van der Waals surface area (Å²) in [4.78, 5) is 13.9. The highest BCUT2D eigenvalue weighted by Crippen LogP contribution is 2.12. The van der Waals surface area contributed by atoms with Gasteiger partial charge < -0.3 is 15.0 Å². The first-order chi connectivity index (χ1) is 9.16. The van der Waals surface area contributed by atoms with Crippen molar-refractivity contribution in [1.82, 2.24) is 10.2 Å². The normalized spacial score (nSPS) is 19.3. The number of amides is 1. The van der Waals surface area contributed by atoms with Crippen LogP contribution >= 0.6 is 0 Å². The number of rotatable bonds is 4. The number of hydrogen-bond acceptors (Lipinski definition) is 3.